The van der Waals surface area contributed by atoms with E-state index in [1.165, 1.54) is 61.7 Å². The number of aromatic nitrogens is 2. The summed E-state index contributed by atoms with van der Waals surface area (Å²) in [6.07, 6.45) is 16.3. The normalized spacial score (nSPS) is 19.1. The number of aryl methyl sites for hydroxylation is 2. The number of aldehydes is 1. The zero-order valence-corrected chi connectivity index (χ0v) is 87.8. The molecule has 9 fully saturated rings. The molecule has 3 atom stereocenters. The molecule has 2 aliphatic heterocycles. The fourth-order valence-electron chi connectivity index (χ4n) is 17.9. The van der Waals surface area contributed by atoms with E-state index in [2.05, 4.69) is 99.9 Å². The number of nitriles is 3. The predicted molar refractivity (Wildman–Crippen MR) is 546 cm³/mol. The summed E-state index contributed by atoms with van der Waals surface area (Å²) in [5.41, 5.74) is 4.78. The number of alkyl carbamates (subject to hydrolysis) is 2. The highest BCUT2D eigenvalue weighted by Gasteiger charge is 2.46. The number of aliphatic hydroxyl groups is 1. The Bertz CT molecular complexity index is 6490. The number of ketones is 1. The lowest BCUT2D eigenvalue weighted by Crippen LogP contribution is -2.43. The molecule has 3 unspecified atom stereocenters. The number of nitrogens with one attached hydrogen (secondary N) is 6. The second-order valence-corrected chi connectivity index (χ2v) is 43.1. The predicted octanol–water partition coefficient (Wildman–Crippen LogP) is 24.2. The molecule has 18 rings (SSSR count). The van der Waals surface area contributed by atoms with E-state index in [9.17, 15) is 74.8 Å². The third-order valence-electron chi connectivity index (χ3n) is 25.9. The fraction of sp³-hybridized carbons (Fsp3) is 0.500. The van der Waals surface area contributed by atoms with Crippen LogP contribution in [0, 0.1) is 116 Å². The van der Waals surface area contributed by atoms with Gasteiger partial charge in [-0.1, -0.05) is 20.3 Å². The lowest BCUT2D eigenvalue weighted by atomic mass is 9.77. The number of hydrogen-bond donors (Lipinski definition) is 7. The number of amides is 2. The average molecular weight is 2250 g/mol. The van der Waals surface area contributed by atoms with Gasteiger partial charge in [0.05, 0.1) is 103 Å². The molecule has 0 radical (unpaired) electrons. The molecule has 8 aliphatic carbocycles. The van der Waals surface area contributed by atoms with Gasteiger partial charge in [0.15, 0.2) is 12.1 Å². The molecule has 2 amide bonds. The van der Waals surface area contributed by atoms with E-state index in [4.69, 9.17) is 31.6 Å². The van der Waals surface area contributed by atoms with Crippen molar-refractivity contribution in [3.63, 3.8) is 0 Å². The van der Waals surface area contributed by atoms with Crippen LogP contribution in [0.4, 0.5) is 77.5 Å². The minimum absolute atomic E-state index is 0. The number of rotatable bonds is 20. The molecule has 142 heavy (non-hydrogen) atoms. The summed E-state index contributed by atoms with van der Waals surface area (Å²) in [7, 11) is 1.29. The van der Waals surface area contributed by atoms with Crippen LogP contribution >= 0.6 is 75.5 Å². The highest BCUT2D eigenvalue weighted by Crippen LogP contribution is 2.51. The van der Waals surface area contributed by atoms with Gasteiger partial charge < -0.3 is 64.8 Å². The number of alkyl halides is 3. The molecule has 10 aliphatic rings. The number of halogens is 14. The third kappa shape index (κ3) is 27.3. The molecule has 7 N–H and O–H groups in total. The number of allylic oxidation sites excluding steroid dienone is 1. The number of hydrogen-bond acceptors (Lipinski definition) is 20. The molecule has 7 saturated carbocycles. The number of aliphatic hydroxyl groups excluding tert-OH is 1. The zero-order valence-electron chi connectivity index (χ0n) is 80.7. The number of benzene rings is 6. The Balaban J connectivity index is 0.000000162. The summed E-state index contributed by atoms with van der Waals surface area (Å²) in [4.78, 5) is 89.1. The molecule has 2 aromatic heterocycles. The molecule has 2 saturated heterocycles. The molecule has 0 bridgehead atoms. The van der Waals surface area contributed by atoms with Crippen molar-refractivity contribution in [2.45, 2.75) is 277 Å². The number of methoxy groups -OCH3 is 1. The van der Waals surface area contributed by atoms with Gasteiger partial charge in [-0.3, -0.25) is 19.2 Å². The average Bonchev–Trinajstić information content (AvgIpc) is 1.66. The first-order valence-electron chi connectivity index (χ1n) is 46.9. The Hall–Kier alpha value is -10.2. The van der Waals surface area contributed by atoms with Gasteiger partial charge in [-0.05, 0) is 354 Å². The molecule has 6 aromatic carbocycles. The molecule has 4 heterocycles. The maximum atomic E-state index is 15.5. The van der Waals surface area contributed by atoms with E-state index in [0.717, 1.165) is 124 Å². The highest BCUT2D eigenvalue weighted by molar-refractivity contribution is 9.11. The Morgan fingerprint density at radius 3 is 1.35 bits per heavy atom. The van der Waals surface area contributed by atoms with Crippen molar-refractivity contribution in [1.82, 2.24) is 24.6 Å². The summed E-state index contributed by atoms with van der Waals surface area (Å²) < 4.78 is 148. The minimum atomic E-state index is -1.74. The van der Waals surface area contributed by atoms with Crippen molar-refractivity contribution >= 4 is 162 Å². The standard InChI is InChI=1S/C24H28F2N4O3.C19H19ClF2N4O.C15H11BrFNO.C12H13BrFNO2.C11H13BrFNO.C11H11BrFNO.C11H20FNO2.CH4/c1-14-19-15(9-16(11-27)21(31)30(19)17-5-6-17)10-18(25)20(14)29-8-7-24(26,13-29)12-28-22(32)33-23(2,3)4;1-11-16-12(6-13(8-23)18(27)26(16)14-2-3-14)7-15(21)17(11)25-5-4-19(22,10-25)9-24-20;1-7-12-9(5-11(17)14(7)16)4-10(6-18)15(19)13(12)8-2-3-8;1-6-10(13)9(14)5-8(12(16)17-2)11(6)15-7-3-4-7;2*1-6-10(12)9(13)4-7(5-15)11(6)14-8-2-3-8;1-10(2,3)15-9(14)13-8-11(12)6-4-5-7-11;/h9-10,17H,5-8,12-13H2,1-4H3,(H,28,32);6-7,14,24H,2-5,9-10H2,1H3;4-5,8,13H,2-3H2,1H3;5,7,15H,3-4H2,1-2H3;4,8,14-15H,2-3,5H2,1H3;4-5,8,14H,2-3H2,1H3;4-8H2,1-3H3,(H,13,14);1H4. The van der Waals surface area contributed by atoms with Gasteiger partial charge in [-0.2, -0.15) is 15.8 Å². The summed E-state index contributed by atoms with van der Waals surface area (Å²) in [5, 5.41) is 52.6. The van der Waals surface area contributed by atoms with Crippen LogP contribution in [0.2, 0.25) is 0 Å². The molecule has 764 valence electrons. The number of fused-ring (bicyclic) bond motifs is 3. The van der Waals surface area contributed by atoms with Gasteiger partial charge >= 0.3 is 18.2 Å². The van der Waals surface area contributed by atoms with Crippen molar-refractivity contribution in [2.75, 3.05) is 78.7 Å². The van der Waals surface area contributed by atoms with Crippen molar-refractivity contribution in [3.8, 4) is 18.2 Å². The van der Waals surface area contributed by atoms with E-state index in [1.807, 2.05) is 32.1 Å². The number of carbonyl (C=O) groups excluding carboxylic acids is 5. The van der Waals surface area contributed by atoms with Gasteiger partial charge in [-0.25, -0.2) is 58.7 Å². The summed E-state index contributed by atoms with van der Waals surface area (Å²) in [5.74, 6) is -3.14. The number of pyridine rings is 2. The number of ether oxygens (including phenoxy) is 3. The maximum Gasteiger partial charge on any atom is 0.407 e. The van der Waals surface area contributed by atoms with E-state index in [0.29, 0.717) is 134 Å². The van der Waals surface area contributed by atoms with Gasteiger partial charge in [0.2, 0.25) is 0 Å². The number of nitrogens with zero attached hydrogens (tertiary/aromatic N) is 7. The lowest BCUT2D eigenvalue weighted by Gasteiger charge is -2.26. The van der Waals surface area contributed by atoms with Crippen LogP contribution in [0.15, 0.2) is 81.6 Å². The summed E-state index contributed by atoms with van der Waals surface area (Å²) in [6.45, 7) is 21.5. The second kappa shape index (κ2) is 46.5. The Kier molecular flexibility index (Phi) is 36.7. The van der Waals surface area contributed by atoms with E-state index in [1.54, 1.807) is 88.2 Å². The van der Waals surface area contributed by atoms with Crippen molar-refractivity contribution in [2.24, 2.45) is 5.92 Å². The summed E-state index contributed by atoms with van der Waals surface area (Å²) >= 11 is 18.3. The first kappa shape index (κ1) is 112. The smallest absolute Gasteiger partial charge is 0.407 e. The van der Waals surface area contributed by atoms with Crippen LogP contribution in [-0.2, 0) is 25.6 Å². The van der Waals surface area contributed by atoms with Gasteiger partial charge in [-0.15, -0.1) is 0 Å². The van der Waals surface area contributed by atoms with Crippen molar-refractivity contribution < 1.29 is 82.8 Å². The highest BCUT2D eigenvalue weighted by atomic mass is 79.9. The fourth-order valence-corrected chi connectivity index (χ4v) is 19.4. The monoisotopic (exact) mass is 2250 g/mol. The first-order valence-corrected chi connectivity index (χ1v) is 50.5. The van der Waals surface area contributed by atoms with Crippen LogP contribution in [0.25, 0.3) is 27.9 Å². The molecule has 24 nitrogen and oxygen atoms in total. The maximum absolute atomic E-state index is 15.5. The zero-order chi connectivity index (χ0) is 103. The van der Waals surface area contributed by atoms with Crippen LogP contribution in [0.3, 0.4) is 0 Å². The molecule has 8 aromatic rings. The van der Waals surface area contributed by atoms with Gasteiger partial charge in [0, 0.05) is 96.0 Å². The quantitative estimate of drug-likeness (QED) is 0.0123. The lowest BCUT2D eigenvalue weighted by molar-refractivity contribution is -0.117. The molecular formula is C104H119Br4ClF9N13O11. The van der Waals surface area contributed by atoms with E-state index < -0.39 is 69.6 Å². The third-order valence-corrected chi connectivity index (χ3v) is 29.9. The Morgan fingerprint density at radius 2 is 0.937 bits per heavy atom. The van der Waals surface area contributed by atoms with E-state index in [-0.39, 0.29) is 141 Å². The molecule has 38 heteroatoms. The molecule has 0 spiro atoms. The number of anilines is 5. The van der Waals surface area contributed by atoms with Crippen LogP contribution in [0.1, 0.15) is 264 Å². The van der Waals surface area contributed by atoms with Crippen molar-refractivity contribution in [1.29, 1.82) is 15.8 Å². The van der Waals surface area contributed by atoms with E-state index >= 15 is 8.78 Å². The summed E-state index contributed by atoms with van der Waals surface area (Å²) in [6, 6.07) is 17.9. The number of carbonyl (C=O) groups is 5. The van der Waals surface area contributed by atoms with Crippen LogP contribution in [0.5, 0.6) is 0 Å². The topological polar surface area (TPSA) is 327 Å². The van der Waals surface area contributed by atoms with Gasteiger partial charge in [0.1, 0.15) is 92.4 Å². The second-order valence-electron chi connectivity index (χ2n) is 39.7. The first-order chi connectivity index (χ1) is 66.5. The SMILES string of the molecule is C.CC(C)(C)OC(=O)NCC1(F)CCCC1.COC(=O)c1cc(F)c(Br)c(C)c1NC1CC1.Cc1c(Br)c(F)cc(C=O)c1NC1CC1.Cc1c(Br)c(F)cc(CO)c1NC1CC1.Cc1c(Br)c(F)cc2c1C(C1CC1)C(=O)C(C#N)=C2.Cc1c(N2CCC(F)(CNC(=O)OC(C)(C)C)C2)c(F)cc2cc(C#N)c(=O)n(C3CC3)c12.Cc1c(N2CCC(F)(CNCl)C2)c(F)cc2cc(C#N)c(=O)n(C3CC3)c12. The minimum Gasteiger partial charge on any atom is -0.465 e. The largest absolute Gasteiger partial charge is 0.465 e. The van der Waals surface area contributed by atoms with Crippen LogP contribution < -0.4 is 52.3 Å². The van der Waals surface area contributed by atoms with Crippen molar-refractivity contribution in [3.05, 3.63) is 200 Å². The number of esters is 1. The van der Waals surface area contributed by atoms with Crippen LogP contribution in [-0.4, -0.2) is 144 Å². The van der Waals surface area contributed by atoms with Gasteiger partial charge in [0.25, 0.3) is 11.1 Å². The number of Topliss-reactive ketones (excluding diaryl/α,β-unsaturated/α-hetero) is 1. The Labute approximate surface area is 858 Å². The molecular weight excluding hydrogens is 2130 g/mol. The Morgan fingerprint density at radius 1 is 0.528 bits per heavy atom.